The number of hydrogen-bond acceptors (Lipinski definition) is 4. The minimum atomic E-state index is 0.581. The summed E-state index contributed by atoms with van der Waals surface area (Å²) in [4.78, 5) is 0. The summed E-state index contributed by atoms with van der Waals surface area (Å²) in [5.41, 5.74) is 0. The van der Waals surface area contributed by atoms with E-state index in [0.29, 0.717) is 16.7 Å². The Morgan fingerprint density at radius 1 is 0.812 bits per heavy atom. The van der Waals surface area contributed by atoms with Crippen molar-refractivity contribution in [2.24, 2.45) is 0 Å². The Bertz CT molecular complexity index is 160. The molecular formula is C12H28N2S2. The summed E-state index contributed by atoms with van der Waals surface area (Å²) in [6.45, 7) is 11.3. The fourth-order valence-electron chi connectivity index (χ4n) is 1.21. The second-order valence-corrected chi connectivity index (χ2v) is 7.67. The Hall–Kier alpha value is 0.620. The van der Waals surface area contributed by atoms with E-state index in [1.807, 2.05) is 23.9 Å². The van der Waals surface area contributed by atoms with Crippen molar-refractivity contribution in [3.63, 3.8) is 0 Å². The van der Waals surface area contributed by atoms with Gasteiger partial charge >= 0.3 is 0 Å². The van der Waals surface area contributed by atoms with Gasteiger partial charge in [0, 0.05) is 12.1 Å². The van der Waals surface area contributed by atoms with Crippen LogP contribution in [-0.4, -0.2) is 39.4 Å². The fraction of sp³-hybridized carbons (Fsp3) is 1.00. The van der Waals surface area contributed by atoms with E-state index in [2.05, 4.69) is 57.3 Å². The van der Waals surface area contributed by atoms with Crippen LogP contribution in [0.3, 0.4) is 0 Å². The molecule has 2 nitrogen and oxygen atoms in total. The second-order valence-electron chi connectivity index (χ2n) is 4.39. The van der Waals surface area contributed by atoms with Crippen LogP contribution in [-0.2, 0) is 0 Å². The van der Waals surface area contributed by atoms with E-state index in [-0.39, 0.29) is 0 Å². The first kappa shape index (κ1) is 16.6. The molecule has 0 heterocycles. The zero-order valence-corrected chi connectivity index (χ0v) is 13.5. The molecule has 0 aliphatic carbocycles. The average Bonchev–Trinajstić information content (AvgIpc) is 2.26. The summed E-state index contributed by atoms with van der Waals surface area (Å²) in [7, 11) is 4.39. The molecule has 0 fully saturated rings. The van der Waals surface area contributed by atoms with E-state index in [9.17, 15) is 0 Å². The van der Waals surface area contributed by atoms with E-state index in [1.165, 1.54) is 12.8 Å². The third-order valence-corrected chi connectivity index (χ3v) is 5.55. The van der Waals surface area contributed by atoms with Crippen LogP contribution in [0.15, 0.2) is 0 Å². The Balaban J connectivity index is 3.93. The fourth-order valence-corrected chi connectivity index (χ4v) is 3.83. The third-order valence-electron chi connectivity index (χ3n) is 3.05. The summed E-state index contributed by atoms with van der Waals surface area (Å²) in [6, 6.07) is 1.31. The lowest BCUT2D eigenvalue weighted by atomic mass is 10.3. The molecule has 0 aliphatic heterocycles. The van der Waals surface area contributed by atoms with Crippen molar-refractivity contribution in [3.05, 3.63) is 0 Å². The lowest BCUT2D eigenvalue weighted by Crippen LogP contribution is -2.26. The predicted octanol–water partition coefficient (Wildman–Crippen LogP) is 4.09. The highest BCUT2D eigenvalue weighted by molar-refractivity contribution is 8.14. The molecule has 0 rings (SSSR count). The van der Waals surface area contributed by atoms with E-state index in [1.54, 1.807) is 0 Å². The quantitative estimate of drug-likeness (QED) is 0.481. The SMILES string of the molecule is CCC(C)N(C)SC(C)SN(C)C(C)CC. The first-order chi connectivity index (χ1) is 7.42. The number of hydrogen-bond donors (Lipinski definition) is 0. The zero-order chi connectivity index (χ0) is 12.7. The van der Waals surface area contributed by atoms with Gasteiger partial charge in [0.25, 0.3) is 0 Å². The van der Waals surface area contributed by atoms with Gasteiger partial charge in [0.2, 0.25) is 0 Å². The number of rotatable bonds is 8. The first-order valence-corrected chi connectivity index (χ1v) is 7.88. The largest absolute Gasteiger partial charge is 0.250 e. The van der Waals surface area contributed by atoms with Gasteiger partial charge < -0.3 is 0 Å². The summed E-state index contributed by atoms with van der Waals surface area (Å²) < 4.78 is 5.34. The molecule has 0 spiro atoms. The Morgan fingerprint density at radius 3 is 1.38 bits per heavy atom. The van der Waals surface area contributed by atoms with E-state index in [0.717, 1.165) is 0 Å². The summed E-state index contributed by atoms with van der Waals surface area (Å²) in [5, 5.41) is 0. The topological polar surface area (TPSA) is 6.48 Å². The smallest absolute Gasteiger partial charge is 0.0768 e. The van der Waals surface area contributed by atoms with Crippen molar-refractivity contribution in [1.29, 1.82) is 0 Å². The van der Waals surface area contributed by atoms with E-state index < -0.39 is 0 Å². The van der Waals surface area contributed by atoms with Crippen LogP contribution in [0.2, 0.25) is 0 Å². The monoisotopic (exact) mass is 264 g/mol. The average molecular weight is 265 g/mol. The lowest BCUT2D eigenvalue weighted by Gasteiger charge is -2.29. The van der Waals surface area contributed by atoms with Gasteiger partial charge in [-0.25, -0.2) is 8.61 Å². The molecule has 98 valence electrons. The van der Waals surface area contributed by atoms with Gasteiger partial charge in [-0.3, -0.25) is 0 Å². The van der Waals surface area contributed by atoms with Crippen molar-refractivity contribution in [2.45, 2.75) is 64.1 Å². The molecule has 0 saturated heterocycles. The maximum atomic E-state index is 2.38. The summed E-state index contributed by atoms with van der Waals surface area (Å²) in [5.74, 6) is 0. The van der Waals surface area contributed by atoms with Crippen LogP contribution in [0.4, 0.5) is 0 Å². The normalized spacial score (nSPS) is 17.8. The minimum Gasteiger partial charge on any atom is -0.250 e. The molecule has 0 saturated carbocycles. The number of nitrogens with zero attached hydrogens (tertiary/aromatic N) is 2. The lowest BCUT2D eigenvalue weighted by molar-refractivity contribution is 0.420. The molecule has 0 amide bonds. The highest BCUT2D eigenvalue weighted by atomic mass is 32.2. The van der Waals surface area contributed by atoms with E-state index >= 15 is 0 Å². The molecule has 0 N–H and O–H groups in total. The molecule has 2 atom stereocenters. The Labute approximate surface area is 111 Å². The van der Waals surface area contributed by atoms with Crippen LogP contribution < -0.4 is 0 Å². The van der Waals surface area contributed by atoms with Gasteiger partial charge in [0.15, 0.2) is 0 Å². The van der Waals surface area contributed by atoms with Gasteiger partial charge in [-0.2, -0.15) is 0 Å². The zero-order valence-electron chi connectivity index (χ0n) is 11.9. The van der Waals surface area contributed by atoms with Crippen molar-refractivity contribution in [3.8, 4) is 0 Å². The van der Waals surface area contributed by atoms with Crippen LogP contribution in [0.5, 0.6) is 0 Å². The molecule has 16 heavy (non-hydrogen) atoms. The van der Waals surface area contributed by atoms with Crippen LogP contribution in [0.25, 0.3) is 0 Å². The molecule has 2 unspecified atom stereocenters. The third kappa shape index (κ3) is 6.38. The predicted molar refractivity (Wildman–Crippen MR) is 79.7 cm³/mol. The maximum Gasteiger partial charge on any atom is 0.0768 e. The standard InChI is InChI=1S/C12H28N2S2/c1-8-10(3)13(6)15-12(5)16-14(7)11(4)9-2/h10-12H,8-9H2,1-7H3. The van der Waals surface area contributed by atoms with Gasteiger partial charge in [0.05, 0.1) is 4.58 Å². The van der Waals surface area contributed by atoms with Gasteiger partial charge in [0.1, 0.15) is 0 Å². The molecule has 0 aliphatic rings. The molecule has 0 aromatic rings. The molecule has 0 aromatic carbocycles. The molecule has 0 aromatic heterocycles. The molecular weight excluding hydrogens is 236 g/mol. The Morgan fingerprint density at radius 2 is 1.12 bits per heavy atom. The highest BCUT2D eigenvalue weighted by Crippen LogP contribution is 2.30. The maximum absolute atomic E-state index is 2.38. The van der Waals surface area contributed by atoms with Crippen LogP contribution in [0.1, 0.15) is 47.5 Å². The van der Waals surface area contributed by atoms with Gasteiger partial charge in [-0.1, -0.05) is 37.7 Å². The van der Waals surface area contributed by atoms with Crippen LogP contribution >= 0.6 is 23.9 Å². The summed E-state index contributed by atoms with van der Waals surface area (Å²) >= 11 is 3.89. The summed E-state index contributed by atoms with van der Waals surface area (Å²) in [6.07, 6.45) is 2.42. The van der Waals surface area contributed by atoms with Gasteiger partial charge in [-0.15, -0.1) is 0 Å². The van der Waals surface area contributed by atoms with Crippen molar-refractivity contribution in [1.82, 2.24) is 8.61 Å². The Kier molecular flexibility index (Phi) is 9.01. The first-order valence-electron chi connectivity index (χ1n) is 6.21. The minimum absolute atomic E-state index is 0.581. The van der Waals surface area contributed by atoms with Crippen LogP contribution in [0, 0.1) is 0 Å². The molecule has 4 heteroatoms. The van der Waals surface area contributed by atoms with Crippen molar-refractivity contribution in [2.75, 3.05) is 14.1 Å². The van der Waals surface area contributed by atoms with Crippen molar-refractivity contribution < 1.29 is 0 Å². The second kappa shape index (κ2) is 8.67. The van der Waals surface area contributed by atoms with Crippen molar-refractivity contribution >= 4 is 23.9 Å². The van der Waals surface area contributed by atoms with E-state index in [4.69, 9.17) is 0 Å². The van der Waals surface area contributed by atoms with Gasteiger partial charge in [-0.05, 0) is 47.7 Å². The molecule has 0 bridgehead atoms. The highest BCUT2D eigenvalue weighted by Gasteiger charge is 2.16. The molecule has 0 radical (unpaired) electrons.